The molecular formula is C25H31N5O4. The number of hydrogen-bond acceptors (Lipinski definition) is 6. The molecule has 9 heteroatoms. The summed E-state index contributed by atoms with van der Waals surface area (Å²) in [4.78, 5) is 42.6. The average molecular weight is 466 g/mol. The van der Waals surface area contributed by atoms with E-state index in [2.05, 4.69) is 10.2 Å². The molecule has 2 aliphatic rings. The van der Waals surface area contributed by atoms with Crippen LogP contribution < -0.4 is 5.32 Å². The van der Waals surface area contributed by atoms with Crippen molar-refractivity contribution < 1.29 is 14.5 Å². The highest BCUT2D eigenvalue weighted by molar-refractivity contribution is 5.96. The Morgan fingerprint density at radius 2 is 1.53 bits per heavy atom. The summed E-state index contributed by atoms with van der Waals surface area (Å²) in [6.07, 6.45) is 4.51. The first-order chi connectivity index (χ1) is 16.5. The van der Waals surface area contributed by atoms with Crippen LogP contribution in [-0.4, -0.2) is 77.3 Å². The van der Waals surface area contributed by atoms with Crippen LogP contribution in [0.4, 0.5) is 17.1 Å². The molecule has 0 radical (unpaired) electrons. The Hall–Kier alpha value is -3.46. The molecule has 9 nitrogen and oxygen atoms in total. The first-order valence-electron chi connectivity index (χ1n) is 11.9. The van der Waals surface area contributed by atoms with E-state index in [1.165, 1.54) is 18.9 Å². The number of carbonyl (C=O) groups is 2. The first-order valence-corrected chi connectivity index (χ1v) is 11.9. The lowest BCUT2D eigenvalue weighted by Crippen LogP contribution is -2.51. The van der Waals surface area contributed by atoms with E-state index in [-0.39, 0.29) is 17.5 Å². The summed E-state index contributed by atoms with van der Waals surface area (Å²) in [7, 11) is 0. The number of amides is 2. The van der Waals surface area contributed by atoms with Gasteiger partial charge < -0.3 is 15.1 Å². The van der Waals surface area contributed by atoms with Crippen LogP contribution in [0.2, 0.25) is 0 Å². The van der Waals surface area contributed by atoms with Crippen LogP contribution in [0, 0.1) is 10.1 Å². The van der Waals surface area contributed by atoms with Crippen molar-refractivity contribution in [2.75, 3.05) is 51.1 Å². The monoisotopic (exact) mass is 465 g/mol. The zero-order valence-corrected chi connectivity index (χ0v) is 19.3. The molecule has 0 saturated carbocycles. The van der Waals surface area contributed by atoms with Crippen LogP contribution in [0.1, 0.15) is 36.0 Å². The number of piperazine rings is 1. The molecule has 2 aromatic rings. The van der Waals surface area contributed by atoms with E-state index in [4.69, 9.17) is 0 Å². The molecule has 2 heterocycles. The van der Waals surface area contributed by atoms with Crippen molar-refractivity contribution in [3.05, 3.63) is 64.2 Å². The molecule has 2 aliphatic heterocycles. The van der Waals surface area contributed by atoms with Gasteiger partial charge >= 0.3 is 0 Å². The van der Waals surface area contributed by atoms with E-state index >= 15 is 0 Å². The largest absolute Gasteiger partial charge is 0.350 e. The van der Waals surface area contributed by atoms with E-state index in [0.29, 0.717) is 44.0 Å². The summed E-state index contributed by atoms with van der Waals surface area (Å²) < 4.78 is 0. The lowest BCUT2D eigenvalue weighted by atomic mass is 10.1. The fourth-order valence-electron chi connectivity index (χ4n) is 4.50. The topological polar surface area (TPSA) is 99.0 Å². The SMILES string of the molecule is O=C(CN1CCN(C(=O)c2ccc(Nc3ccccc3)c([N+](=O)[O-])c2)CC1)N1CCCCCC1. The molecule has 0 bridgehead atoms. The molecule has 0 aromatic heterocycles. The Labute approximate surface area is 199 Å². The van der Waals surface area contributed by atoms with Gasteiger partial charge in [0.25, 0.3) is 11.6 Å². The number of rotatable bonds is 6. The van der Waals surface area contributed by atoms with E-state index in [1.807, 2.05) is 35.2 Å². The Balaban J connectivity index is 1.35. The third kappa shape index (κ3) is 5.91. The van der Waals surface area contributed by atoms with Crippen LogP contribution in [0.25, 0.3) is 0 Å². The highest BCUT2D eigenvalue weighted by Gasteiger charge is 2.26. The van der Waals surface area contributed by atoms with Gasteiger partial charge in [-0.3, -0.25) is 24.6 Å². The number of benzene rings is 2. The van der Waals surface area contributed by atoms with E-state index in [1.54, 1.807) is 17.0 Å². The van der Waals surface area contributed by atoms with E-state index in [9.17, 15) is 19.7 Å². The molecule has 34 heavy (non-hydrogen) atoms. The summed E-state index contributed by atoms with van der Waals surface area (Å²) in [6, 6.07) is 13.7. The van der Waals surface area contributed by atoms with Gasteiger partial charge in [0.1, 0.15) is 5.69 Å². The lowest BCUT2D eigenvalue weighted by Gasteiger charge is -2.35. The second-order valence-corrected chi connectivity index (χ2v) is 8.84. The number of nitro groups is 1. The molecule has 0 spiro atoms. The maximum absolute atomic E-state index is 13.0. The Bertz CT molecular complexity index is 1010. The Morgan fingerprint density at radius 1 is 0.853 bits per heavy atom. The standard InChI is InChI=1S/C25H31N5O4/c31-24(28-12-6-1-2-7-13-28)19-27-14-16-29(17-15-27)25(32)20-10-11-22(23(18-20)30(33)34)26-21-8-4-3-5-9-21/h3-5,8-11,18,26H,1-2,6-7,12-17,19H2. The van der Waals surface area contributed by atoms with E-state index in [0.717, 1.165) is 31.6 Å². The third-order valence-corrected chi connectivity index (χ3v) is 6.47. The highest BCUT2D eigenvalue weighted by atomic mass is 16.6. The van der Waals surface area contributed by atoms with Gasteiger partial charge in [0.2, 0.25) is 5.91 Å². The number of para-hydroxylation sites is 1. The zero-order valence-electron chi connectivity index (χ0n) is 19.3. The molecule has 2 aromatic carbocycles. The molecule has 4 rings (SSSR count). The smallest absolute Gasteiger partial charge is 0.293 e. The second kappa shape index (κ2) is 11.1. The minimum Gasteiger partial charge on any atom is -0.350 e. The predicted octanol–water partition coefficient (Wildman–Crippen LogP) is 3.50. The molecule has 2 amide bonds. The van der Waals surface area contributed by atoms with Gasteiger partial charge in [0.15, 0.2) is 0 Å². The van der Waals surface area contributed by atoms with Gasteiger partial charge in [-0.05, 0) is 37.1 Å². The normalized spacial score (nSPS) is 17.2. The molecule has 0 aliphatic carbocycles. The fraction of sp³-hybridized carbons (Fsp3) is 0.440. The molecule has 0 unspecified atom stereocenters. The summed E-state index contributed by atoms with van der Waals surface area (Å²) in [6.45, 7) is 4.26. The number of nitro benzene ring substituents is 1. The highest BCUT2D eigenvalue weighted by Crippen LogP contribution is 2.29. The zero-order chi connectivity index (χ0) is 23.9. The van der Waals surface area contributed by atoms with Crippen molar-refractivity contribution in [2.24, 2.45) is 0 Å². The molecule has 1 N–H and O–H groups in total. The van der Waals surface area contributed by atoms with Crippen LogP contribution in [0.5, 0.6) is 0 Å². The Morgan fingerprint density at radius 3 is 2.18 bits per heavy atom. The maximum atomic E-state index is 13.0. The van der Waals surface area contributed by atoms with Crippen LogP contribution in [0.15, 0.2) is 48.5 Å². The number of hydrogen-bond donors (Lipinski definition) is 1. The maximum Gasteiger partial charge on any atom is 0.293 e. The fourth-order valence-corrected chi connectivity index (χ4v) is 4.50. The quantitative estimate of drug-likeness (QED) is 0.518. The van der Waals surface area contributed by atoms with Crippen molar-refractivity contribution in [1.29, 1.82) is 0 Å². The third-order valence-electron chi connectivity index (χ3n) is 6.47. The number of nitrogens with zero attached hydrogens (tertiary/aromatic N) is 4. The van der Waals surface area contributed by atoms with Crippen LogP contribution >= 0.6 is 0 Å². The summed E-state index contributed by atoms with van der Waals surface area (Å²) in [5, 5.41) is 14.7. The summed E-state index contributed by atoms with van der Waals surface area (Å²) in [5.41, 5.74) is 1.22. The van der Waals surface area contributed by atoms with Gasteiger partial charge in [-0.25, -0.2) is 0 Å². The van der Waals surface area contributed by atoms with Gasteiger partial charge in [-0.2, -0.15) is 0 Å². The molecular weight excluding hydrogens is 434 g/mol. The number of anilines is 2. The first kappa shape index (κ1) is 23.7. The van der Waals surface area contributed by atoms with Crippen LogP contribution in [0.3, 0.4) is 0 Å². The predicted molar refractivity (Wildman–Crippen MR) is 130 cm³/mol. The Kier molecular flexibility index (Phi) is 7.74. The van der Waals surface area contributed by atoms with Gasteiger partial charge in [0, 0.05) is 56.6 Å². The lowest BCUT2D eigenvalue weighted by molar-refractivity contribution is -0.383. The van der Waals surface area contributed by atoms with Crippen molar-refractivity contribution in [1.82, 2.24) is 14.7 Å². The second-order valence-electron chi connectivity index (χ2n) is 8.84. The minimum atomic E-state index is -0.478. The minimum absolute atomic E-state index is 0.142. The van der Waals surface area contributed by atoms with Gasteiger partial charge in [-0.15, -0.1) is 0 Å². The number of carbonyl (C=O) groups excluding carboxylic acids is 2. The van der Waals surface area contributed by atoms with Crippen molar-refractivity contribution in [3.8, 4) is 0 Å². The molecule has 0 atom stereocenters. The number of nitrogens with one attached hydrogen (secondary N) is 1. The summed E-state index contributed by atoms with van der Waals surface area (Å²) in [5.74, 6) is -0.0633. The van der Waals surface area contributed by atoms with Crippen molar-refractivity contribution in [3.63, 3.8) is 0 Å². The number of likely N-dealkylation sites (tertiary alicyclic amines) is 1. The van der Waals surface area contributed by atoms with E-state index < -0.39 is 4.92 Å². The van der Waals surface area contributed by atoms with Crippen molar-refractivity contribution >= 4 is 28.9 Å². The molecule has 2 saturated heterocycles. The summed E-state index contributed by atoms with van der Waals surface area (Å²) >= 11 is 0. The van der Waals surface area contributed by atoms with Crippen molar-refractivity contribution in [2.45, 2.75) is 25.7 Å². The van der Waals surface area contributed by atoms with Gasteiger partial charge in [-0.1, -0.05) is 31.0 Å². The average Bonchev–Trinajstić information content (AvgIpc) is 3.15. The van der Waals surface area contributed by atoms with Crippen LogP contribution in [-0.2, 0) is 4.79 Å². The molecule has 180 valence electrons. The van der Waals surface area contributed by atoms with Gasteiger partial charge in [0.05, 0.1) is 11.5 Å². The molecule has 2 fully saturated rings.